The van der Waals surface area contributed by atoms with Crippen LogP contribution >= 0.6 is 0 Å². The van der Waals surface area contributed by atoms with Crippen molar-refractivity contribution in [2.24, 2.45) is 0 Å². The minimum absolute atomic E-state index is 1.52. The van der Waals surface area contributed by atoms with Gasteiger partial charge in [0.2, 0.25) is 0 Å². The fourth-order valence-electron chi connectivity index (χ4n) is 0.312. The zero-order valence-electron chi connectivity index (χ0n) is 5.71. The molecule has 0 aliphatic heterocycles. The van der Waals surface area contributed by atoms with Crippen LogP contribution in [0.5, 0.6) is 0 Å². The van der Waals surface area contributed by atoms with Gasteiger partial charge in [-0.05, 0) is 0 Å². The molecule has 0 aliphatic rings. The van der Waals surface area contributed by atoms with Gasteiger partial charge in [0.1, 0.15) is 0 Å². The van der Waals surface area contributed by atoms with Gasteiger partial charge in [-0.2, -0.15) is 0 Å². The molecular formula is C4H5F5OZn. The van der Waals surface area contributed by atoms with Crippen LogP contribution in [0.15, 0.2) is 0 Å². The summed E-state index contributed by atoms with van der Waals surface area (Å²) in [4.78, 5) is 0. The summed E-state index contributed by atoms with van der Waals surface area (Å²) in [6, 6.07) is 0. The standard InChI is InChI=1S/C3H2F5O.CH3.Zn/c4-2(5,1-9)3(6,7)8;;/h1H2;1H3;/q-1;;+1. The first kappa shape index (κ1) is 11.2. The summed E-state index contributed by atoms with van der Waals surface area (Å²) >= 11 is -1.57. The van der Waals surface area contributed by atoms with E-state index in [4.69, 9.17) is 0 Å². The Hall–Kier alpha value is 0.233. The first-order valence-corrected chi connectivity index (χ1v) is 7.01. The third-order valence-electron chi connectivity index (χ3n) is 0.902. The third kappa shape index (κ3) is 3.42. The van der Waals surface area contributed by atoms with Gasteiger partial charge in [-0.3, -0.25) is 0 Å². The first-order valence-electron chi connectivity index (χ1n) is 2.83. The van der Waals surface area contributed by atoms with Crippen LogP contribution in [0.1, 0.15) is 0 Å². The maximum atomic E-state index is 11.9. The third-order valence-corrected chi connectivity index (χ3v) is 2.19. The number of rotatable bonds is 3. The van der Waals surface area contributed by atoms with Crippen molar-refractivity contribution < 1.29 is 43.0 Å². The maximum absolute atomic E-state index is 11.9. The Balaban J connectivity index is 4.00. The van der Waals surface area contributed by atoms with Crippen LogP contribution < -0.4 is 0 Å². The average Bonchev–Trinajstić information content (AvgIpc) is 1.81. The minimum atomic E-state index is -5.48. The molecule has 0 aromatic carbocycles. The van der Waals surface area contributed by atoms with Crippen LogP contribution in [-0.4, -0.2) is 18.7 Å². The normalized spacial score (nSPS) is 12.9. The van der Waals surface area contributed by atoms with Crippen molar-refractivity contribution in [1.29, 1.82) is 0 Å². The molecule has 0 heterocycles. The molecule has 0 aromatic rings. The van der Waals surface area contributed by atoms with Gasteiger partial charge in [0.05, 0.1) is 0 Å². The average molecular weight is 229 g/mol. The molecule has 1 nitrogen and oxygen atoms in total. The van der Waals surface area contributed by atoms with E-state index in [0.717, 1.165) is 0 Å². The van der Waals surface area contributed by atoms with Crippen molar-refractivity contribution in [1.82, 2.24) is 0 Å². The molecule has 0 rings (SSSR count). The van der Waals surface area contributed by atoms with Crippen LogP contribution in [0, 0.1) is 0 Å². The monoisotopic (exact) mass is 228 g/mol. The molecule has 0 radical (unpaired) electrons. The van der Waals surface area contributed by atoms with E-state index >= 15 is 0 Å². The van der Waals surface area contributed by atoms with Crippen molar-refractivity contribution in [3.63, 3.8) is 0 Å². The van der Waals surface area contributed by atoms with Gasteiger partial charge in [-0.25, -0.2) is 0 Å². The molecular weight excluding hydrogens is 224 g/mol. The molecule has 0 bridgehead atoms. The van der Waals surface area contributed by atoms with Gasteiger partial charge in [-0.1, -0.05) is 0 Å². The van der Waals surface area contributed by atoms with Crippen LogP contribution in [-0.2, 0) is 21.1 Å². The van der Waals surface area contributed by atoms with E-state index in [9.17, 15) is 22.0 Å². The summed E-state index contributed by atoms with van der Waals surface area (Å²) in [7, 11) is 0. The summed E-state index contributed by atoms with van der Waals surface area (Å²) in [5.74, 6) is -4.69. The van der Waals surface area contributed by atoms with E-state index < -0.39 is 36.2 Å². The summed E-state index contributed by atoms with van der Waals surface area (Å²) in [5.41, 5.74) is 1.53. The number of alkyl halides is 5. The summed E-state index contributed by atoms with van der Waals surface area (Å²) in [5, 5.41) is 0. The Morgan fingerprint density at radius 2 is 1.64 bits per heavy atom. The molecule has 0 fully saturated rings. The van der Waals surface area contributed by atoms with Crippen molar-refractivity contribution in [3.8, 4) is 0 Å². The molecule has 0 aliphatic carbocycles. The van der Waals surface area contributed by atoms with E-state index in [1.807, 2.05) is 0 Å². The Morgan fingerprint density at radius 1 is 1.18 bits per heavy atom. The molecule has 0 atom stereocenters. The van der Waals surface area contributed by atoms with Gasteiger partial charge in [-0.15, -0.1) is 0 Å². The Kier molecular flexibility index (Phi) is 3.84. The number of halogens is 5. The van der Waals surface area contributed by atoms with E-state index in [-0.39, 0.29) is 0 Å². The molecule has 7 heteroatoms. The summed E-state index contributed by atoms with van der Waals surface area (Å²) in [6.07, 6.45) is -5.48. The quantitative estimate of drug-likeness (QED) is 0.533. The summed E-state index contributed by atoms with van der Waals surface area (Å²) < 4.78 is 62.0. The van der Waals surface area contributed by atoms with Crippen LogP contribution in [0.3, 0.4) is 0 Å². The van der Waals surface area contributed by atoms with Crippen molar-refractivity contribution in [2.75, 3.05) is 6.61 Å². The molecule has 11 heavy (non-hydrogen) atoms. The Bertz CT molecular complexity index is 122. The zero-order chi connectivity index (χ0) is 9.12. The number of hydrogen-bond acceptors (Lipinski definition) is 1. The molecule has 0 aromatic heterocycles. The second-order valence-corrected chi connectivity index (χ2v) is 3.91. The topological polar surface area (TPSA) is 9.23 Å². The Morgan fingerprint density at radius 3 is 1.91 bits per heavy atom. The number of hydrogen-bond donors (Lipinski definition) is 0. The fraction of sp³-hybridized carbons (Fsp3) is 1.00. The van der Waals surface area contributed by atoms with Crippen molar-refractivity contribution in [3.05, 3.63) is 0 Å². The van der Waals surface area contributed by atoms with Crippen LogP contribution in [0.4, 0.5) is 22.0 Å². The van der Waals surface area contributed by atoms with E-state index in [1.165, 1.54) is 5.52 Å². The molecule has 0 saturated carbocycles. The molecule has 0 amide bonds. The van der Waals surface area contributed by atoms with Gasteiger partial charge < -0.3 is 0 Å². The fourth-order valence-corrected chi connectivity index (χ4v) is 1.28. The van der Waals surface area contributed by atoms with Gasteiger partial charge in [0.25, 0.3) is 0 Å². The molecule has 0 saturated heterocycles. The van der Waals surface area contributed by atoms with Gasteiger partial charge in [0.15, 0.2) is 0 Å². The van der Waals surface area contributed by atoms with Crippen molar-refractivity contribution in [2.45, 2.75) is 17.6 Å². The van der Waals surface area contributed by atoms with Crippen molar-refractivity contribution >= 4 is 0 Å². The summed E-state index contributed by atoms with van der Waals surface area (Å²) in [6.45, 7) is -1.52. The van der Waals surface area contributed by atoms with Gasteiger partial charge in [0, 0.05) is 0 Å². The SMILES string of the molecule is [CH3][Zn][O]CC(F)(F)C(F)(F)F. The predicted molar refractivity (Wildman–Crippen MR) is 22.8 cm³/mol. The molecule has 64 valence electrons. The zero-order valence-corrected chi connectivity index (χ0v) is 8.68. The van der Waals surface area contributed by atoms with E-state index in [1.54, 1.807) is 0 Å². The van der Waals surface area contributed by atoms with Gasteiger partial charge >= 0.3 is 67.2 Å². The molecule has 0 unspecified atom stereocenters. The van der Waals surface area contributed by atoms with E-state index in [2.05, 4.69) is 3.56 Å². The second kappa shape index (κ2) is 3.76. The molecule has 0 N–H and O–H groups in total. The Labute approximate surface area is 67.9 Å². The predicted octanol–water partition coefficient (Wildman–Crippen LogP) is 2.25. The van der Waals surface area contributed by atoms with E-state index in [0.29, 0.717) is 0 Å². The van der Waals surface area contributed by atoms with Crippen LogP contribution in [0.2, 0.25) is 5.52 Å². The first-order chi connectivity index (χ1) is 4.81. The molecule has 0 spiro atoms. The van der Waals surface area contributed by atoms with Crippen LogP contribution in [0.25, 0.3) is 0 Å². The second-order valence-electron chi connectivity index (χ2n) is 1.84.